The molecule has 0 aliphatic carbocycles. The van der Waals surface area contributed by atoms with Gasteiger partial charge in [-0.1, -0.05) is 18.2 Å². The topological polar surface area (TPSA) is 37.4 Å². The Balaban J connectivity index is 1.94. The van der Waals surface area contributed by atoms with E-state index in [-0.39, 0.29) is 11.1 Å². The van der Waals surface area contributed by atoms with Gasteiger partial charge >= 0.3 is 0 Å². The highest BCUT2D eigenvalue weighted by Gasteiger charge is 2.36. The molecule has 94 valence electrons. The molecule has 1 aliphatic rings. The van der Waals surface area contributed by atoms with Gasteiger partial charge < -0.3 is 0 Å². The molecule has 0 unspecified atom stereocenters. The van der Waals surface area contributed by atoms with Gasteiger partial charge in [0.05, 0.1) is 10.6 Å². The third-order valence-corrected chi connectivity index (χ3v) is 4.22. The Hall–Kier alpha value is -1.85. The normalized spacial score (nSPS) is 17.5. The summed E-state index contributed by atoms with van der Waals surface area (Å²) in [7, 11) is 0. The van der Waals surface area contributed by atoms with Crippen molar-refractivity contribution in [2.24, 2.45) is 0 Å². The summed E-state index contributed by atoms with van der Waals surface area (Å²) < 4.78 is 0. The Morgan fingerprint density at radius 3 is 2.53 bits per heavy atom. The molecule has 0 saturated carbocycles. The maximum atomic E-state index is 12.3. The van der Waals surface area contributed by atoms with E-state index in [2.05, 4.69) is 0 Å². The lowest BCUT2D eigenvalue weighted by Crippen LogP contribution is -2.27. The zero-order valence-corrected chi connectivity index (χ0v) is 11.4. The SMILES string of the molecule is O=C1S/C(=C/c2ccsc2)C(=O)N1c1ccccc1. The summed E-state index contributed by atoms with van der Waals surface area (Å²) in [5, 5.41) is 3.63. The first-order valence-electron chi connectivity index (χ1n) is 5.61. The van der Waals surface area contributed by atoms with E-state index >= 15 is 0 Å². The van der Waals surface area contributed by atoms with Gasteiger partial charge in [-0.2, -0.15) is 11.3 Å². The molecule has 1 fully saturated rings. The third kappa shape index (κ3) is 2.34. The van der Waals surface area contributed by atoms with Crippen LogP contribution in [0.1, 0.15) is 5.56 Å². The monoisotopic (exact) mass is 287 g/mol. The van der Waals surface area contributed by atoms with Gasteiger partial charge in [0.1, 0.15) is 0 Å². The molecule has 1 saturated heterocycles. The predicted octanol–water partition coefficient (Wildman–Crippen LogP) is 3.99. The van der Waals surface area contributed by atoms with E-state index < -0.39 is 0 Å². The first-order chi connectivity index (χ1) is 9.25. The molecule has 0 atom stereocenters. The van der Waals surface area contributed by atoms with E-state index in [1.165, 1.54) is 4.90 Å². The number of hydrogen-bond acceptors (Lipinski definition) is 4. The van der Waals surface area contributed by atoms with Crippen molar-refractivity contribution in [3.8, 4) is 0 Å². The average molecular weight is 287 g/mol. The molecule has 2 aromatic rings. The zero-order chi connectivity index (χ0) is 13.2. The van der Waals surface area contributed by atoms with Crippen molar-refractivity contribution >= 4 is 46.0 Å². The van der Waals surface area contributed by atoms with Crippen molar-refractivity contribution in [2.45, 2.75) is 0 Å². The summed E-state index contributed by atoms with van der Waals surface area (Å²) in [5.41, 5.74) is 1.56. The number of hydrogen-bond donors (Lipinski definition) is 0. The second-order valence-corrected chi connectivity index (χ2v) is 5.68. The summed E-state index contributed by atoms with van der Waals surface area (Å²) in [5.74, 6) is -0.257. The Kier molecular flexibility index (Phi) is 3.23. The van der Waals surface area contributed by atoms with Crippen LogP contribution in [0.2, 0.25) is 0 Å². The van der Waals surface area contributed by atoms with Gasteiger partial charge in [-0.25, -0.2) is 4.90 Å². The van der Waals surface area contributed by atoms with Gasteiger partial charge in [0.15, 0.2) is 0 Å². The fourth-order valence-electron chi connectivity index (χ4n) is 1.78. The molecular formula is C14H9NO2S2. The fraction of sp³-hybridized carbons (Fsp3) is 0. The number of para-hydroxylation sites is 1. The van der Waals surface area contributed by atoms with Crippen molar-refractivity contribution < 1.29 is 9.59 Å². The highest BCUT2D eigenvalue weighted by atomic mass is 32.2. The lowest BCUT2D eigenvalue weighted by atomic mass is 10.2. The molecule has 0 spiro atoms. The predicted molar refractivity (Wildman–Crippen MR) is 79.2 cm³/mol. The second-order valence-electron chi connectivity index (χ2n) is 3.91. The third-order valence-electron chi connectivity index (χ3n) is 2.65. The number of carbonyl (C=O) groups excluding carboxylic acids is 2. The van der Waals surface area contributed by atoms with Crippen LogP contribution in [0, 0.1) is 0 Å². The highest BCUT2D eigenvalue weighted by molar-refractivity contribution is 8.19. The van der Waals surface area contributed by atoms with Gasteiger partial charge in [-0.15, -0.1) is 0 Å². The molecule has 3 nitrogen and oxygen atoms in total. The second kappa shape index (κ2) is 5.03. The van der Waals surface area contributed by atoms with Gasteiger partial charge in [0.25, 0.3) is 11.1 Å². The number of rotatable bonds is 2. The smallest absolute Gasteiger partial charge is 0.268 e. The maximum absolute atomic E-state index is 12.3. The molecule has 19 heavy (non-hydrogen) atoms. The molecule has 0 N–H and O–H groups in total. The van der Waals surface area contributed by atoms with E-state index in [9.17, 15) is 9.59 Å². The minimum atomic E-state index is -0.257. The number of imide groups is 1. The largest absolute Gasteiger partial charge is 0.298 e. The summed E-state index contributed by atoms with van der Waals surface area (Å²) in [6.07, 6.45) is 1.75. The van der Waals surface area contributed by atoms with Crippen LogP contribution in [0.15, 0.2) is 52.1 Å². The van der Waals surface area contributed by atoms with E-state index in [0.29, 0.717) is 10.6 Å². The minimum absolute atomic E-state index is 0.252. The quantitative estimate of drug-likeness (QED) is 0.784. The molecule has 1 aromatic carbocycles. The number of amides is 2. The van der Waals surface area contributed by atoms with Gasteiger partial charge in [0.2, 0.25) is 0 Å². The number of benzene rings is 1. The fourth-order valence-corrected chi connectivity index (χ4v) is 3.24. The van der Waals surface area contributed by atoms with Crippen LogP contribution in [-0.2, 0) is 4.79 Å². The molecule has 3 rings (SSSR count). The van der Waals surface area contributed by atoms with Crippen LogP contribution >= 0.6 is 23.1 Å². The number of carbonyl (C=O) groups is 2. The summed E-state index contributed by atoms with van der Waals surface area (Å²) >= 11 is 2.54. The number of thiophene rings is 1. The molecule has 2 heterocycles. The Morgan fingerprint density at radius 1 is 1.05 bits per heavy atom. The van der Waals surface area contributed by atoms with Crippen molar-refractivity contribution in [1.82, 2.24) is 0 Å². The van der Waals surface area contributed by atoms with Crippen molar-refractivity contribution in [1.29, 1.82) is 0 Å². The molecular weight excluding hydrogens is 278 g/mol. The Bertz CT molecular complexity index is 647. The summed E-state index contributed by atoms with van der Waals surface area (Å²) in [6.45, 7) is 0. The van der Waals surface area contributed by atoms with Crippen LogP contribution < -0.4 is 4.90 Å². The first-order valence-corrected chi connectivity index (χ1v) is 7.37. The molecule has 0 radical (unpaired) electrons. The average Bonchev–Trinajstić information content (AvgIpc) is 3.01. The van der Waals surface area contributed by atoms with Gasteiger partial charge in [-0.05, 0) is 52.4 Å². The Labute approximate surface area is 118 Å². The van der Waals surface area contributed by atoms with Crippen molar-refractivity contribution in [2.75, 3.05) is 4.90 Å². The standard InChI is InChI=1S/C14H9NO2S2/c16-13-12(8-10-6-7-18-9-10)19-14(17)15(13)11-4-2-1-3-5-11/h1-9H/b12-8+. The van der Waals surface area contributed by atoms with Crippen LogP contribution in [-0.4, -0.2) is 11.1 Å². The van der Waals surface area contributed by atoms with Crippen molar-refractivity contribution in [3.63, 3.8) is 0 Å². The molecule has 5 heteroatoms. The van der Waals surface area contributed by atoms with E-state index in [4.69, 9.17) is 0 Å². The zero-order valence-electron chi connectivity index (χ0n) is 9.78. The summed E-state index contributed by atoms with van der Waals surface area (Å²) in [4.78, 5) is 25.9. The molecule has 1 aromatic heterocycles. The van der Waals surface area contributed by atoms with Gasteiger partial charge in [-0.3, -0.25) is 9.59 Å². The number of anilines is 1. The lowest BCUT2D eigenvalue weighted by molar-refractivity contribution is -0.113. The molecule has 0 bridgehead atoms. The van der Waals surface area contributed by atoms with Crippen LogP contribution in [0.3, 0.4) is 0 Å². The van der Waals surface area contributed by atoms with E-state index in [1.807, 2.05) is 22.9 Å². The van der Waals surface area contributed by atoms with Crippen LogP contribution in [0.25, 0.3) is 6.08 Å². The number of thioether (sulfide) groups is 1. The molecule has 2 amide bonds. The van der Waals surface area contributed by atoms with Crippen molar-refractivity contribution in [3.05, 3.63) is 57.6 Å². The minimum Gasteiger partial charge on any atom is -0.268 e. The maximum Gasteiger partial charge on any atom is 0.298 e. The van der Waals surface area contributed by atoms with Crippen LogP contribution in [0.5, 0.6) is 0 Å². The number of nitrogens with zero attached hydrogens (tertiary/aromatic N) is 1. The first kappa shape index (κ1) is 12.2. The Morgan fingerprint density at radius 2 is 1.84 bits per heavy atom. The van der Waals surface area contributed by atoms with E-state index in [0.717, 1.165) is 17.3 Å². The van der Waals surface area contributed by atoms with Gasteiger partial charge in [0, 0.05) is 0 Å². The van der Waals surface area contributed by atoms with E-state index in [1.54, 1.807) is 41.7 Å². The lowest BCUT2D eigenvalue weighted by Gasteiger charge is -2.11. The summed E-state index contributed by atoms with van der Waals surface area (Å²) in [6, 6.07) is 10.9. The molecule has 1 aliphatic heterocycles. The highest BCUT2D eigenvalue weighted by Crippen LogP contribution is 2.35. The van der Waals surface area contributed by atoms with Crippen LogP contribution in [0.4, 0.5) is 10.5 Å².